The van der Waals surface area contributed by atoms with Gasteiger partial charge in [0, 0.05) is 17.8 Å². The standard InChI is InChI=1S/C22H21N5O2/c1-13-8-17(9-14(2)21(13)28)16-5-7-20(25-12-16)27-22(24)26-18-6-4-15(11-23)10-19(18)29-3/h4-10,12,28H,1-3H3,(H3,24,25,26,27). The van der Waals surface area contributed by atoms with Gasteiger partial charge in [-0.3, -0.25) is 0 Å². The molecule has 2 aromatic carbocycles. The molecule has 0 bridgehead atoms. The lowest BCUT2D eigenvalue weighted by molar-refractivity contribution is 0.417. The molecule has 0 amide bonds. The zero-order chi connectivity index (χ0) is 21.0. The molecule has 0 saturated heterocycles. The van der Waals surface area contributed by atoms with E-state index >= 15 is 0 Å². The highest BCUT2D eigenvalue weighted by Crippen LogP contribution is 2.29. The molecule has 0 aliphatic carbocycles. The number of nitrogens with two attached hydrogens (primary N) is 1. The number of phenols is 1. The number of ether oxygens (including phenoxy) is 1. The number of anilines is 1. The van der Waals surface area contributed by atoms with E-state index in [1.54, 1.807) is 30.5 Å². The fourth-order valence-corrected chi connectivity index (χ4v) is 2.90. The molecule has 3 aromatic rings. The van der Waals surface area contributed by atoms with Gasteiger partial charge in [-0.15, -0.1) is 0 Å². The third-order valence-corrected chi connectivity index (χ3v) is 4.40. The summed E-state index contributed by atoms with van der Waals surface area (Å²) in [5, 5.41) is 21.9. The SMILES string of the molecule is COc1cc(C#N)ccc1NC(N)=Nc1ccc(-c2cc(C)c(O)c(C)c2)cn1. The fraction of sp³-hybridized carbons (Fsp3) is 0.136. The van der Waals surface area contributed by atoms with Crippen molar-refractivity contribution in [2.75, 3.05) is 12.4 Å². The molecule has 0 atom stereocenters. The van der Waals surface area contributed by atoms with Crippen molar-refractivity contribution in [3.63, 3.8) is 0 Å². The summed E-state index contributed by atoms with van der Waals surface area (Å²) in [5.41, 5.74) is 10.6. The van der Waals surface area contributed by atoms with Gasteiger partial charge in [0.15, 0.2) is 11.8 Å². The van der Waals surface area contributed by atoms with Crippen LogP contribution in [0.1, 0.15) is 16.7 Å². The van der Waals surface area contributed by atoms with Crippen LogP contribution in [0.2, 0.25) is 0 Å². The smallest absolute Gasteiger partial charge is 0.199 e. The lowest BCUT2D eigenvalue weighted by Gasteiger charge is -2.11. The molecule has 29 heavy (non-hydrogen) atoms. The number of aromatic nitrogens is 1. The maximum atomic E-state index is 9.93. The molecule has 0 aliphatic rings. The first kappa shape index (κ1) is 19.7. The van der Waals surface area contributed by atoms with Gasteiger partial charge < -0.3 is 20.9 Å². The summed E-state index contributed by atoms with van der Waals surface area (Å²) in [4.78, 5) is 8.61. The number of benzene rings is 2. The molecule has 1 aromatic heterocycles. The Hall–Kier alpha value is -4.05. The van der Waals surface area contributed by atoms with Gasteiger partial charge in [0.1, 0.15) is 11.5 Å². The summed E-state index contributed by atoms with van der Waals surface area (Å²) in [7, 11) is 1.52. The van der Waals surface area contributed by atoms with E-state index in [9.17, 15) is 5.11 Å². The number of aryl methyl sites for hydroxylation is 2. The lowest BCUT2D eigenvalue weighted by Crippen LogP contribution is -2.22. The second kappa shape index (κ2) is 8.31. The van der Waals surface area contributed by atoms with Crippen LogP contribution >= 0.6 is 0 Å². The second-order valence-corrected chi connectivity index (χ2v) is 6.51. The van der Waals surface area contributed by atoms with E-state index < -0.39 is 0 Å². The first-order valence-electron chi connectivity index (χ1n) is 8.87. The Bertz CT molecular complexity index is 1090. The van der Waals surface area contributed by atoms with Gasteiger partial charge in [-0.1, -0.05) is 0 Å². The molecule has 0 fully saturated rings. The predicted molar refractivity (Wildman–Crippen MR) is 113 cm³/mol. The Kier molecular flexibility index (Phi) is 5.65. The number of phenolic OH excluding ortho intramolecular Hbond substituents is 1. The lowest BCUT2D eigenvalue weighted by atomic mass is 10.0. The van der Waals surface area contributed by atoms with Gasteiger partial charge in [-0.2, -0.15) is 10.3 Å². The number of aromatic hydroxyl groups is 1. The zero-order valence-electron chi connectivity index (χ0n) is 16.4. The highest BCUT2D eigenvalue weighted by atomic mass is 16.5. The average Bonchev–Trinajstić information content (AvgIpc) is 2.72. The fourth-order valence-electron chi connectivity index (χ4n) is 2.90. The first-order chi connectivity index (χ1) is 13.9. The average molecular weight is 387 g/mol. The van der Waals surface area contributed by atoms with Crippen LogP contribution in [-0.4, -0.2) is 23.2 Å². The van der Waals surface area contributed by atoms with Gasteiger partial charge in [-0.05, 0) is 66.9 Å². The van der Waals surface area contributed by atoms with Crippen molar-refractivity contribution in [2.24, 2.45) is 10.7 Å². The molecule has 7 nitrogen and oxygen atoms in total. The third-order valence-electron chi connectivity index (χ3n) is 4.40. The minimum Gasteiger partial charge on any atom is -0.507 e. The highest BCUT2D eigenvalue weighted by molar-refractivity contribution is 5.95. The summed E-state index contributed by atoms with van der Waals surface area (Å²) in [6.45, 7) is 3.73. The van der Waals surface area contributed by atoms with E-state index in [1.807, 2.05) is 32.0 Å². The van der Waals surface area contributed by atoms with E-state index in [0.717, 1.165) is 22.3 Å². The molecular formula is C22H21N5O2. The summed E-state index contributed by atoms with van der Waals surface area (Å²) in [6, 6.07) is 14.5. The highest BCUT2D eigenvalue weighted by Gasteiger charge is 2.08. The normalized spacial score (nSPS) is 11.0. The topological polar surface area (TPSA) is 117 Å². The van der Waals surface area contributed by atoms with Gasteiger partial charge in [0.2, 0.25) is 0 Å². The van der Waals surface area contributed by atoms with E-state index in [4.69, 9.17) is 15.7 Å². The van der Waals surface area contributed by atoms with Crippen molar-refractivity contribution in [1.82, 2.24) is 4.98 Å². The number of methoxy groups -OCH3 is 1. The number of hydrogen-bond donors (Lipinski definition) is 3. The van der Waals surface area contributed by atoms with Gasteiger partial charge in [0.25, 0.3) is 0 Å². The molecule has 0 unspecified atom stereocenters. The molecule has 4 N–H and O–H groups in total. The van der Waals surface area contributed by atoms with Crippen molar-refractivity contribution in [1.29, 1.82) is 5.26 Å². The Balaban J connectivity index is 1.80. The molecule has 3 rings (SSSR count). The monoisotopic (exact) mass is 387 g/mol. The largest absolute Gasteiger partial charge is 0.507 e. The van der Waals surface area contributed by atoms with Crippen LogP contribution < -0.4 is 15.8 Å². The number of nitriles is 1. The van der Waals surface area contributed by atoms with Crippen molar-refractivity contribution >= 4 is 17.5 Å². The van der Waals surface area contributed by atoms with Crippen LogP contribution in [0.4, 0.5) is 11.5 Å². The molecular weight excluding hydrogens is 366 g/mol. The van der Waals surface area contributed by atoms with Gasteiger partial charge >= 0.3 is 0 Å². The summed E-state index contributed by atoms with van der Waals surface area (Å²) in [5.74, 6) is 1.38. The predicted octanol–water partition coefficient (Wildman–Crippen LogP) is 4.01. The number of nitrogens with zero attached hydrogens (tertiary/aromatic N) is 3. The van der Waals surface area contributed by atoms with Gasteiger partial charge in [-0.25, -0.2) is 4.98 Å². The summed E-state index contributed by atoms with van der Waals surface area (Å²) < 4.78 is 5.27. The van der Waals surface area contributed by atoms with Crippen molar-refractivity contribution in [3.8, 4) is 28.7 Å². The van der Waals surface area contributed by atoms with Crippen LogP contribution in [0.25, 0.3) is 11.1 Å². The van der Waals surface area contributed by atoms with Crippen LogP contribution in [0.15, 0.2) is 53.7 Å². The van der Waals surface area contributed by atoms with Crippen LogP contribution in [0.5, 0.6) is 11.5 Å². The van der Waals surface area contributed by atoms with E-state index in [-0.39, 0.29) is 5.96 Å². The van der Waals surface area contributed by atoms with Crippen molar-refractivity contribution in [3.05, 3.63) is 65.4 Å². The molecule has 0 saturated carbocycles. The molecule has 0 aliphatic heterocycles. The Morgan fingerprint density at radius 3 is 2.45 bits per heavy atom. The number of rotatable bonds is 4. The zero-order valence-corrected chi connectivity index (χ0v) is 16.4. The van der Waals surface area contributed by atoms with Crippen LogP contribution in [0, 0.1) is 25.2 Å². The first-order valence-corrected chi connectivity index (χ1v) is 8.87. The van der Waals surface area contributed by atoms with Crippen molar-refractivity contribution in [2.45, 2.75) is 13.8 Å². The Morgan fingerprint density at radius 1 is 1.14 bits per heavy atom. The number of pyridine rings is 1. The van der Waals surface area contributed by atoms with Gasteiger partial charge in [0.05, 0.1) is 24.4 Å². The number of hydrogen-bond acceptors (Lipinski definition) is 5. The molecule has 7 heteroatoms. The maximum Gasteiger partial charge on any atom is 0.199 e. The van der Waals surface area contributed by atoms with Crippen molar-refractivity contribution < 1.29 is 9.84 Å². The summed E-state index contributed by atoms with van der Waals surface area (Å²) in [6.07, 6.45) is 1.71. The number of guanidine groups is 1. The van der Waals surface area contributed by atoms with Crippen LogP contribution in [-0.2, 0) is 0 Å². The molecule has 146 valence electrons. The van der Waals surface area contributed by atoms with E-state index in [1.165, 1.54) is 7.11 Å². The number of nitrogens with one attached hydrogen (secondary N) is 1. The minimum atomic E-state index is 0.143. The molecule has 1 heterocycles. The van der Waals surface area contributed by atoms with Crippen LogP contribution in [0.3, 0.4) is 0 Å². The molecule has 0 spiro atoms. The minimum absolute atomic E-state index is 0.143. The Morgan fingerprint density at radius 2 is 1.86 bits per heavy atom. The molecule has 0 radical (unpaired) electrons. The number of aliphatic imine (C=N–C) groups is 1. The Labute approximate surface area is 169 Å². The summed E-state index contributed by atoms with van der Waals surface area (Å²) >= 11 is 0. The quantitative estimate of drug-likeness (QED) is 0.460. The third kappa shape index (κ3) is 4.45. The van der Waals surface area contributed by atoms with E-state index in [2.05, 4.69) is 21.4 Å². The maximum absolute atomic E-state index is 9.93. The van der Waals surface area contributed by atoms with E-state index in [0.29, 0.717) is 28.6 Å². The second-order valence-electron chi connectivity index (χ2n) is 6.51.